The van der Waals surface area contributed by atoms with Gasteiger partial charge in [0, 0.05) is 0 Å². The third kappa shape index (κ3) is 7.19. The number of aryl methyl sites for hydroxylation is 2. The zero-order chi connectivity index (χ0) is 21.2. The summed E-state index contributed by atoms with van der Waals surface area (Å²) in [4.78, 5) is 0. The van der Waals surface area contributed by atoms with Gasteiger partial charge in [-0.3, -0.25) is 0 Å². The van der Waals surface area contributed by atoms with Crippen LogP contribution in [-0.2, 0) is 12.8 Å². The summed E-state index contributed by atoms with van der Waals surface area (Å²) < 4.78 is 0. The average molecular weight is 419 g/mol. The van der Waals surface area contributed by atoms with Crippen LogP contribution in [0.15, 0.2) is 60.7 Å². The summed E-state index contributed by atoms with van der Waals surface area (Å²) in [6, 6.07) is 21.8. The largest absolute Gasteiger partial charge is 0.316 e. The van der Waals surface area contributed by atoms with Crippen molar-refractivity contribution in [1.82, 2.24) is 10.6 Å². The van der Waals surface area contributed by atoms with Crippen molar-refractivity contribution >= 4 is 0 Å². The van der Waals surface area contributed by atoms with Crippen LogP contribution in [0.4, 0.5) is 0 Å². The van der Waals surface area contributed by atoms with E-state index in [9.17, 15) is 0 Å². The molecule has 0 saturated heterocycles. The molecule has 2 saturated carbocycles. The van der Waals surface area contributed by atoms with Crippen molar-refractivity contribution in [1.29, 1.82) is 0 Å². The summed E-state index contributed by atoms with van der Waals surface area (Å²) in [7, 11) is 0. The lowest BCUT2D eigenvalue weighted by atomic mass is 9.48. The Morgan fingerprint density at radius 2 is 1.00 bits per heavy atom. The maximum Gasteiger partial charge on any atom is -0.00201 e. The molecule has 168 valence electrons. The first-order valence-electron chi connectivity index (χ1n) is 12.8. The lowest BCUT2D eigenvalue weighted by Crippen LogP contribution is -2.52. The van der Waals surface area contributed by atoms with Crippen LogP contribution in [-0.4, -0.2) is 26.2 Å². The minimum absolute atomic E-state index is 0.749. The third-order valence-corrected chi connectivity index (χ3v) is 7.58. The van der Waals surface area contributed by atoms with Gasteiger partial charge in [-0.05, 0) is 119 Å². The van der Waals surface area contributed by atoms with E-state index in [4.69, 9.17) is 0 Å². The first-order valence-corrected chi connectivity index (χ1v) is 12.8. The Balaban J connectivity index is 0.941. The fourth-order valence-electron chi connectivity index (χ4n) is 6.01. The zero-order valence-electron chi connectivity index (χ0n) is 19.3. The quantitative estimate of drug-likeness (QED) is 0.367. The zero-order valence-corrected chi connectivity index (χ0v) is 19.3. The lowest BCUT2D eigenvalue weighted by Gasteiger charge is -2.58. The second-order valence-corrected chi connectivity index (χ2v) is 10.3. The van der Waals surface area contributed by atoms with Crippen molar-refractivity contribution in [3.05, 3.63) is 71.8 Å². The molecule has 0 bridgehead atoms. The number of rotatable bonds is 14. The Labute approximate surface area is 190 Å². The van der Waals surface area contributed by atoms with Gasteiger partial charge in [0.15, 0.2) is 0 Å². The van der Waals surface area contributed by atoms with Crippen molar-refractivity contribution in [2.75, 3.05) is 26.2 Å². The highest BCUT2D eigenvalue weighted by molar-refractivity contribution is 5.15. The Morgan fingerprint density at radius 1 is 0.581 bits per heavy atom. The van der Waals surface area contributed by atoms with Crippen LogP contribution in [0, 0.1) is 17.3 Å². The summed E-state index contributed by atoms with van der Waals surface area (Å²) in [6.07, 6.45) is 13.6. The molecule has 2 N–H and O–H groups in total. The van der Waals surface area contributed by atoms with E-state index < -0.39 is 0 Å². The molecule has 2 aromatic rings. The van der Waals surface area contributed by atoms with Gasteiger partial charge in [-0.2, -0.15) is 0 Å². The van der Waals surface area contributed by atoms with Crippen LogP contribution in [0.3, 0.4) is 0 Å². The predicted octanol–water partition coefficient (Wildman–Crippen LogP) is 6.02. The molecular weight excluding hydrogens is 376 g/mol. The van der Waals surface area contributed by atoms with Gasteiger partial charge < -0.3 is 10.6 Å². The summed E-state index contributed by atoms with van der Waals surface area (Å²) in [5.41, 5.74) is 3.70. The van der Waals surface area contributed by atoms with E-state index >= 15 is 0 Å². The molecule has 2 aromatic carbocycles. The highest BCUT2D eigenvalue weighted by Crippen LogP contribution is 2.60. The fraction of sp³-hybridized carbons (Fsp3) is 0.586. The van der Waals surface area contributed by atoms with E-state index in [1.54, 1.807) is 0 Å². The second kappa shape index (κ2) is 11.8. The SMILES string of the molecule is c1ccc(CCCCNCC2CC3(C2)CC(CNCCCCc2ccccc2)C3)cc1. The van der Waals surface area contributed by atoms with Crippen LogP contribution in [0.25, 0.3) is 0 Å². The predicted molar refractivity (Wildman–Crippen MR) is 132 cm³/mol. The summed E-state index contributed by atoms with van der Waals surface area (Å²) >= 11 is 0. The smallest absolute Gasteiger partial charge is 0.00201 e. The van der Waals surface area contributed by atoms with Gasteiger partial charge in [0.1, 0.15) is 0 Å². The first kappa shape index (κ1) is 22.6. The van der Waals surface area contributed by atoms with Gasteiger partial charge in [0.2, 0.25) is 0 Å². The van der Waals surface area contributed by atoms with Crippen LogP contribution in [0.1, 0.15) is 62.5 Å². The minimum Gasteiger partial charge on any atom is -0.316 e. The molecule has 2 aliphatic carbocycles. The van der Waals surface area contributed by atoms with Crippen molar-refractivity contribution in [3.63, 3.8) is 0 Å². The Morgan fingerprint density at radius 3 is 1.42 bits per heavy atom. The van der Waals surface area contributed by atoms with Crippen LogP contribution >= 0.6 is 0 Å². The number of nitrogens with one attached hydrogen (secondary N) is 2. The highest BCUT2D eigenvalue weighted by atomic mass is 14.9. The topological polar surface area (TPSA) is 24.1 Å². The molecule has 0 aliphatic heterocycles. The van der Waals surface area contributed by atoms with Crippen molar-refractivity contribution in [2.24, 2.45) is 17.3 Å². The number of hydrogen-bond donors (Lipinski definition) is 2. The molecule has 31 heavy (non-hydrogen) atoms. The third-order valence-electron chi connectivity index (χ3n) is 7.58. The van der Waals surface area contributed by atoms with E-state index in [2.05, 4.69) is 71.3 Å². The maximum atomic E-state index is 3.72. The van der Waals surface area contributed by atoms with E-state index in [0.717, 1.165) is 17.3 Å². The molecule has 0 amide bonds. The lowest BCUT2D eigenvalue weighted by molar-refractivity contribution is -0.0659. The molecular formula is C29H42N2. The number of unbranched alkanes of at least 4 members (excludes halogenated alkanes) is 2. The standard InChI is InChI=1S/C29H42N2/c1-3-11-25(12-4-1)15-7-9-17-30-23-27-19-29(20-27)21-28(22-29)24-31-18-10-8-16-26-13-5-2-6-14-26/h1-6,11-14,27-28,30-31H,7-10,15-24H2. The Kier molecular flexibility index (Phi) is 8.61. The summed E-state index contributed by atoms with van der Waals surface area (Å²) in [5, 5.41) is 7.45. The van der Waals surface area contributed by atoms with E-state index in [0.29, 0.717) is 0 Å². The number of benzene rings is 2. The molecule has 2 fully saturated rings. The highest BCUT2D eigenvalue weighted by Gasteiger charge is 2.51. The molecule has 0 radical (unpaired) electrons. The van der Waals surface area contributed by atoms with E-state index in [-0.39, 0.29) is 0 Å². The second-order valence-electron chi connectivity index (χ2n) is 10.3. The molecule has 2 aliphatic rings. The van der Waals surface area contributed by atoms with Gasteiger partial charge >= 0.3 is 0 Å². The van der Waals surface area contributed by atoms with Crippen LogP contribution in [0.2, 0.25) is 0 Å². The van der Waals surface area contributed by atoms with Gasteiger partial charge in [0.25, 0.3) is 0 Å². The molecule has 0 unspecified atom stereocenters. The average Bonchev–Trinajstić information content (AvgIpc) is 2.75. The Hall–Kier alpha value is -1.64. The summed E-state index contributed by atoms with van der Waals surface area (Å²) in [6.45, 7) is 4.87. The molecule has 4 rings (SSSR count). The monoisotopic (exact) mass is 418 g/mol. The van der Waals surface area contributed by atoms with Crippen molar-refractivity contribution < 1.29 is 0 Å². The molecule has 2 nitrogen and oxygen atoms in total. The molecule has 0 heterocycles. The first-order chi connectivity index (χ1) is 15.3. The van der Waals surface area contributed by atoms with Crippen molar-refractivity contribution in [3.8, 4) is 0 Å². The molecule has 1 spiro atoms. The van der Waals surface area contributed by atoms with Gasteiger partial charge in [-0.1, -0.05) is 60.7 Å². The van der Waals surface area contributed by atoms with E-state index in [1.165, 1.54) is 102 Å². The molecule has 0 aromatic heterocycles. The van der Waals surface area contributed by atoms with Gasteiger partial charge in [-0.15, -0.1) is 0 Å². The molecule has 2 heteroatoms. The fourth-order valence-corrected chi connectivity index (χ4v) is 6.01. The molecule has 0 atom stereocenters. The summed E-state index contributed by atoms with van der Waals surface area (Å²) in [5.74, 6) is 1.89. The van der Waals surface area contributed by atoms with Crippen LogP contribution < -0.4 is 10.6 Å². The maximum absolute atomic E-state index is 3.72. The van der Waals surface area contributed by atoms with Gasteiger partial charge in [0.05, 0.1) is 0 Å². The van der Waals surface area contributed by atoms with Gasteiger partial charge in [-0.25, -0.2) is 0 Å². The number of hydrogen-bond acceptors (Lipinski definition) is 2. The van der Waals surface area contributed by atoms with Crippen molar-refractivity contribution in [2.45, 2.75) is 64.2 Å². The van der Waals surface area contributed by atoms with E-state index in [1.807, 2.05) is 0 Å². The van der Waals surface area contributed by atoms with Crippen LogP contribution in [0.5, 0.6) is 0 Å². The minimum atomic E-state index is 0.749. The Bertz CT molecular complexity index is 661. The normalized spacial score (nSPS) is 24.6.